The van der Waals surface area contributed by atoms with Gasteiger partial charge in [-0.1, -0.05) is 59.7 Å². The molecular formula is C52H75N9O15. The lowest BCUT2D eigenvalue weighted by Gasteiger charge is -2.23. The van der Waals surface area contributed by atoms with Gasteiger partial charge in [-0.2, -0.15) is 0 Å². The summed E-state index contributed by atoms with van der Waals surface area (Å²) in [6, 6.07) is 16.5. The van der Waals surface area contributed by atoms with Crippen molar-refractivity contribution >= 4 is 52.8 Å². The monoisotopic (exact) mass is 1070 g/mol. The smallest absolute Gasteiger partial charge is 0.414 e. The number of nitrogens with zero attached hydrogens (tertiary/aromatic N) is 4. The van der Waals surface area contributed by atoms with E-state index < -0.39 is 77.9 Å². The van der Waals surface area contributed by atoms with E-state index in [-0.39, 0.29) is 31.9 Å². The molecule has 5 amide bonds. The lowest BCUT2D eigenvalue weighted by Crippen LogP contribution is -2.50. The van der Waals surface area contributed by atoms with Crippen molar-refractivity contribution in [3.8, 4) is 16.9 Å². The first-order chi connectivity index (χ1) is 35.9. The van der Waals surface area contributed by atoms with Crippen molar-refractivity contribution in [2.45, 2.75) is 110 Å². The zero-order valence-corrected chi connectivity index (χ0v) is 45.0. The molecule has 0 aliphatic rings. The Labute approximate surface area is 443 Å². The van der Waals surface area contributed by atoms with E-state index >= 15 is 0 Å². The van der Waals surface area contributed by atoms with Crippen LogP contribution in [0.2, 0.25) is 0 Å². The van der Waals surface area contributed by atoms with Crippen LogP contribution in [0.3, 0.4) is 0 Å². The van der Waals surface area contributed by atoms with Crippen LogP contribution in [0, 0.1) is 0 Å². The van der Waals surface area contributed by atoms with E-state index in [9.17, 15) is 33.9 Å². The number of rotatable bonds is 29. The fraction of sp³-hybridized carbons (Fsp3) is 0.558. The van der Waals surface area contributed by atoms with E-state index in [1.165, 1.54) is 0 Å². The number of hydrogen-bond donors (Lipinski definition) is 6. The summed E-state index contributed by atoms with van der Waals surface area (Å²) in [6.07, 6.45) is -3.07. The summed E-state index contributed by atoms with van der Waals surface area (Å²) < 4.78 is 43.9. The number of carboxylic acid groups (broad SMARTS) is 1. The Kier molecular flexibility index (Phi) is 26.8. The molecule has 418 valence electrons. The molecule has 24 heteroatoms. The zero-order chi connectivity index (χ0) is 56.2. The van der Waals surface area contributed by atoms with E-state index in [0.717, 1.165) is 21.9 Å². The first-order valence-corrected chi connectivity index (χ1v) is 24.8. The van der Waals surface area contributed by atoms with Crippen LogP contribution in [0.15, 0.2) is 70.8 Å². The summed E-state index contributed by atoms with van der Waals surface area (Å²) in [5.41, 5.74) is 7.85. The van der Waals surface area contributed by atoms with Gasteiger partial charge in [0.2, 0.25) is 17.8 Å². The van der Waals surface area contributed by atoms with Crippen LogP contribution in [-0.4, -0.2) is 149 Å². The summed E-state index contributed by atoms with van der Waals surface area (Å²) >= 11 is 0. The first-order valence-electron chi connectivity index (χ1n) is 24.8. The minimum atomic E-state index is -1.23. The van der Waals surface area contributed by atoms with E-state index in [0.29, 0.717) is 70.8 Å². The van der Waals surface area contributed by atoms with Crippen LogP contribution in [0.4, 0.5) is 14.4 Å². The van der Waals surface area contributed by atoms with Crippen molar-refractivity contribution < 1.29 is 71.8 Å². The molecular weight excluding hydrogens is 991 g/mol. The molecule has 0 bridgehead atoms. The third-order valence-electron chi connectivity index (χ3n) is 9.81. The third-order valence-corrected chi connectivity index (χ3v) is 9.81. The zero-order valence-electron chi connectivity index (χ0n) is 45.0. The molecule has 0 fully saturated rings. The number of carbonyl (C=O) groups is 6. The first kappa shape index (κ1) is 63.1. The highest BCUT2D eigenvalue weighted by Gasteiger charge is 2.27. The van der Waals surface area contributed by atoms with Crippen molar-refractivity contribution in [1.29, 1.82) is 0 Å². The predicted octanol–water partition coefficient (Wildman–Crippen LogP) is 7.09. The second-order valence-electron chi connectivity index (χ2n) is 19.8. The molecule has 0 aromatic heterocycles. The number of guanidine groups is 1. The Morgan fingerprint density at radius 3 is 1.70 bits per heavy atom. The highest BCUT2D eigenvalue weighted by molar-refractivity contribution is 6.02. The molecule has 0 spiro atoms. The van der Waals surface area contributed by atoms with Crippen LogP contribution >= 0.6 is 0 Å². The fourth-order valence-electron chi connectivity index (χ4n) is 6.75. The largest absolute Gasteiger partial charge is 0.491 e. The molecule has 0 radical (unpaired) electrons. The number of ether oxygens (including phenoxy) is 8. The van der Waals surface area contributed by atoms with Crippen LogP contribution in [0.25, 0.3) is 32.3 Å². The summed E-state index contributed by atoms with van der Waals surface area (Å²) in [5.74, 6) is -2.23. The Bertz CT molecular complexity index is 2400. The molecule has 0 saturated carbocycles. The van der Waals surface area contributed by atoms with Gasteiger partial charge in [0.15, 0.2) is 0 Å². The lowest BCUT2D eigenvalue weighted by atomic mass is 9.95. The van der Waals surface area contributed by atoms with Crippen molar-refractivity contribution in [3.63, 3.8) is 0 Å². The van der Waals surface area contributed by atoms with E-state index in [4.69, 9.17) is 43.4 Å². The highest BCUT2D eigenvalue weighted by atomic mass is 16.6. The Balaban J connectivity index is 1.61. The number of aliphatic carboxylic acids is 1. The van der Waals surface area contributed by atoms with Crippen molar-refractivity contribution in [3.05, 3.63) is 76.7 Å². The molecule has 6 N–H and O–H groups in total. The average molecular weight is 1070 g/mol. The van der Waals surface area contributed by atoms with Gasteiger partial charge < -0.3 is 59.0 Å². The average Bonchev–Trinajstić information content (AvgIpc) is 3.32. The van der Waals surface area contributed by atoms with Gasteiger partial charge in [0.1, 0.15) is 35.2 Å². The van der Waals surface area contributed by atoms with E-state index in [1.54, 1.807) is 74.4 Å². The van der Waals surface area contributed by atoms with Crippen LogP contribution in [0.1, 0.15) is 93.2 Å². The number of carbonyl (C=O) groups excluding carboxylic acids is 5. The number of amides is 5. The summed E-state index contributed by atoms with van der Waals surface area (Å²) in [5, 5.41) is 27.5. The second-order valence-corrected chi connectivity index (χ2v) is 19.8. The Hall–Kier alpha value is -7.24. The van der Waals surface area contributed by atoms with Crippen molar-refractivity contribution in [2.75, 3.05) is 79.1 Å². The Morgan fingerprint density at radius 1 is 0.632 bits per heavy atom. The molecule has 3 rings (SSSR count). The standard InChI is InChI=1S/C52H75N9O15/c1-50(2,3)74-47(66)58-40(15-12-22-54-46(59-48(67)75-51(4,5)6)60-49(68)76-52(7,8)9)45(65)55-34-43(62)57-41(33-44(63)64)36-18-16-35(17-19-36)37-20-21-42(39-14-11-10-13-38(37)39)73-32-31-72-30-29-71-28-27-70-26-25-69-24-23-56-61-53/h10-11,13-14,16-21,40-41H,12,15,22-34H2,1-9H3,(H,55,65)(H,57,62)(H,58,66)(H,63,64)(H2,54,59,60,67,68)/t40-,41-/m0/s1. The van der Waals surface area contributed by atoms with Gasteiger partial charge in [0, 0.05) is 23.4 Å². The number of nitrogens with one attached hydrogen (secondary N) is 5. The lowest BCUT2D eigenvalue weighted by molar-refractivity contribution is -0.138. The molecule has 0 aliphatic carbocycles. The summed E-state index contributed by atoms with van der Waals surface area (Å²) in [4.78, 5) is 83.7. The van der Waals surface area contributed by atoms with Gasteiger partial charge in [-0.25, -0.2) is 14.4 Å². The molecule has 3 aromatic carbocycles. The van der Waals surface area contributed by atoms with Crippen LogP contribution < -0.4 is 31.3 Å². The summed E-state index contributed by atoms with van der Waals surface area (Å²) in [7, 11) is 0. The number of aliphatic imine (C=N–C) groups is 1. The van der Waals surface area contributed by atoms with Gasteiger partial charge in [-0.15, -0.1) is 0 Å². The number of benzene rings is 3. The minimum Gasteiger partial charge on any atom is -0.491 e. The van der Waals surface area contributed by atoms with Crippen LogP contribution in [-0.2, 0) is 47.5 Å². The second kappa shape index (κ2) is 32.3. The normalized spacial score (nSPS) is 12.2. The number of carboxylic acids is 1. The third kappa shape index (κ3) is 26.8. The number of hydrogen-bond acceptors (Lipinski definition) is 16. The number of azide groups is 1. The maximum Gasteiger partial charge on any atom is 0.414 e. The molecule has 76 heavy (non-hydrogen) atoms. The molecule has 0 aliphatic heterocycles. The molecule has 2 atom stereocenters. The predicted molar refractivity (Wildman–Crippen MR) is 282 cm³/mol. The van der Waals surface area contributed by atoms with E-state index in [1.807, 2.05) is 48.5 Å². The molecule has 0 unspecified atom stereocenters. The van der Waals surface area contributed by atoms with Crippen molar-refractivity contribution in [1.82, 2.24) is 26.6 Å². The summed E-state index contributed by atoms with van der Waals surface area (Å²) in [6.45, 7) is 17.9. The van der Waals surface area contributed by atoms with Gasteiger partial charge in [0.25, 0.3) is 0 Å². The quantitative estimate of drug-likeness (QED) is 0.00769. The van der Waals surface area contributed by atoms with Crippen molar-refractivity contribution in [2.24, 2.45) is 10.1 Å². The van der Waals surface area contributed by atoms with Gasteiger partial charge in [-0.3, -0.25) is 30.0 Å². The maximum atomic E-state index is 13.6. The topological polar surface area (TPSA) is 318 Å². The van der Waals surface area contributed by atoms with Gasteiger partial charge in [-0.05, 0) is 109 Å². The maximum absolute atomic E-state index is 13.6. The van der Waals surface area contributed by atoms with Gasteiger partial charge >= 0.3 is 24.2 Å². The minimum absolute atomic E-state index is 0.0334. The van der Waals surface area contributed by atoms with E-state index in [2.05, 4.69) is 41.6 Å². The fourth-order valence-corrected chi connectivity index (χ4v) is 6.75. The van der Waals surface area contributed by atoms with Crippen LogP contribution in [0.5, 0.6) is 5.75 Å². The molecule has 0 saturated heterocycles. The SMILES string of the molecule is CC(C)(C)OC(=O)NC(=NCCC[C@H](NC(=O)OC(C)(C)C)C(=O)NCC(=O)N[C@@H](CC(=O)O)c1ccc(-c2ccc(OCCOCCOCCOCCOCCN=[N+]=[N-])c3ccccc23)cc1)NC(=O)OC(C)(C)C. The highest BCUT2D eigenvalue weighted by Crippen LogP contribution is 2.35. The Morgan fingerprint density at radius 2 is 1.16 bits per heavy atom. The number of fused-ring (bicyclic) bond motifs is 1. The van der Waals surface area contributed by atoms with Gasteiger partial charge in [0.05, 0.1) is 71.9 Å². The molecule has 24 nitrogen and oxygen atoms in total. The molecule has 0 heterocycles. The number of alkyl carbamates (subject to hydrolysis) is 3. The molecule has 3 aromatic rings.